The van der Waals surface area contributed by atoms with E-state index in [1.807, 2.05) is 38.1 Å². The van der Waals surface area contributed by atoms with Crippen molar-refractivity contribution in [3.8, 4) is 0 Å². The van der Waals surface area contributed by atoms with Gasteiger partial charge in [-0.05, 0) is 13.0 Å². The van der Waals surface area contributed by atoms with Crippen LogP contribution in [0.2, 0.25) is 0 Å². The van der Waals surface area contributed by atoms with Crippen LogP contribution in [0.25, 0.3) is 10.1 Å². The normalized spacial score (nSPS) is 10.8. The summed E-state index contributed by atoms with van der Waals surface area (Å²) in [7, 11) is 0. The van der Waals surface area contributed by atoms with Crippen molar-refractivity contribution in [3.05, 3.63) is 29.8 Å². The number of carbonyl (C=O) groups is 2. The molecule has 0 unspecified atom stereocenters. The molecule has 0 fully saturated rings. The summed E-state index contributed by atoms with van der Waals surface area (Å²) in [6.07, 6.45) is 0. The van der Waals surface area contributed by atoms with Crippen molar-refractivity contribution in [2.75, 3.05) is 11.9 Å². The van der Waals surface area contributed by atoms with Crippen LogP contribution in [-0.2, 0) is 9.53 Å². The van der Waals surface area contributed by atoms with Crippen molar-refractivity contribution in [1.29, 1.82) is 0 Å². The van der Waals surface area contributed by atoms with E-state index in [1.165, 1.54) is 11.3 Å². The molecule has 106 valence electrons. The summed E-state index contributed by atoms with van der Waals surface area (Å²) >= 11 is 1.39. The van der Waals surface area contributed by atoms with E-state index in [9.17, 15) is 9.59 Å². The van der Waals surface area contributed by atoms with Crippen LogP contribution < -0.4 is 5.32 Å². The number of thiophene rings is 1. The number of esters is 1. The minimum atomic E-state index is -0.399. The number of carbonyl (C=O) groups excluding carboxylic acids is 2. The number of nitrogens with one attached hydrogen (secondary N) is 1. The van der Waals surface area contributed by atoms with E-state index in [4.69, 9.17) is 4.74 Å². The van der Waals surface area contributed by atoms with Gasteiger partial charge in [-0.3, -0.25) is 4.79 Å². The van der Waals surface area contributed by atoms with Gasteiger partial charge in [-0.25, -0.2) is 4.79 Å². The Morgan fingerprint density at radius 2 is 2.00 bits per heavy atom. The Morgan fingerprint density at radius 3 is 2.65 bits per heavy atom. The maximum absolute atomic E-state index is 12.1. The van der Waals surface area contributed by atoms with E-state index in [-0.39, 0.29) is 11.8 Å². The molecule has 0 radical (unpaired) electrons. The second kappa shape index (κ2) is 6.05. The Hall–Kier alpha value is -1.88. The molecule has 0 spiro atoms. The average Bonchev–Trinajstić information content (AvgIpc) is 2.76. The summed E-state index contributed by atoms with van der Waals surface area (Å²) in [5.41, 5.74) is 0.446. The minimum absolute atomic E-state index is 0.109. The first kappa shape index (κ1) is 14.5. The first-order chi connectivity index (χ1) is 9.54. The zero-order valence-corrected chi connectivity index (χ0v) is 12.5. The van der Waals surface area contributed by atoms with E-state index in [2.05, 4.69) is 5.32 Å². The van der Waals surface area contributed by atoms with Crippen LogP contribution in [0.4, 0.5) is 5.00 Å². The van der Waals surface area contributed by atoms with Crippen LogP contribution in [0.15, 0.2) is 24.3 Å². The largest absolute Gasteiger partial charge is 0.462 e. The Labute approximate surface area is 121 Å². The van der Waals surface area contributed by atoms with Gasteiger partial charge in [0.1, 0.15) is 10.6 Å². The van der Waals surface area contributed by atoms with Gasteiger partial charge in [0.05, 0.1) is 6.61 Å². The van der Waals surface area contributed by atoms with Crippen LogP contribution in [-0.4, -0.2) is 18.5 Å². The number of rotatable bonds is 4. The summed E-state index contributed by atoms with van der Waals surface area (Å²) in [6.45, 7) is 5.69. The highest BCUT2D eigenvalue weighted by atomic mass is 32.1. The fourth-order valence-electron chi connectivity index (χ4n) is 1.80. The quantitative estimate of drug-likeness (QED) is 0.874. The summed E-state index contributed by atoms with van der Waals surface area (Å²) in [6, 6.07) is 7.56. The molecule has 1 aromatic carbocycles. The molecular weight excluding hydrogens is 274 g/mol. The van der Waals surface area contributed by atoms with Gasteiger partial charge < -0.3 is 10.1 Å². The zero-order chi connectivity index (χ0) is 14.7. The number of fused-ring (bicyclic) bond motifs is 1. The van der Waals surface area contributed by atoms with Crippen molar-refractivity contribution in [3.63, 3.8) is 0 Å². The molecule has 0 aliphatic carbocycles. The molecule has 0 aliphatic rings. The third-order valence-electron chi connectivity index (χ3n) is 2.84. The minimum Gasteiger partial charge on any atom is -0.462 e. The standard InChI is InChI=1S/C15H17NO3S/c1-4-19-15(18)12-10-7-5-6-8-11(10)20-14(12)16-13(17)9(2)3/h5-9H,4H2,1-3H3,(H,16,17). The van der Waals surface area contributed by atoms with Crippen molar-refractivity contribution < 1.29 is 14.3 Å². The third kappa shape index (κ3) is 2.82. The molecule has 0 aliphatic heterocycles. The van der Waals surface area contributed by atoms with Gasteiger partial charge in [-0.2, -0.15) is 0 Å². The second-order valence-corrected chi connectivity index (χ2v) is 5.72. The van der Waals surface area contributed by atoms with Crippen LogP contribution >= 0.6 is 11.3 Å². The predicted molar refractivity (Wildman–Crippen MR) is 81.2 cm³/mol. The van der Waals surface area contributed by atoms with E-state index < -0.39 is 5.97 Å². The fourth-order valence-corrected chi connectivity index (χ4v) is 2.89. The smallest absolute Gasteiger partial charge is 0.341 e. The van der Waals surface area contributed by atoms with Gasteiger partial charge in [0.2, 0.25) is 5.91 Å². The number of hydrogen-bond acceptors (Lipinski definition) is 4. The molecule has 0 saturated heterocycles. The number of ether oxygens (including phenoxy) is 1. The van der Waals surface area contributed by atoms with Crippen molar-refractivity contribution in [1.82, 2.24) is 0 Å². The van der Waals surface area contributed by atoms with Crippen LogP contribution in [0.1, 0.15) is 31.1 Å². The van der Waals surface area contributed by atoms with Gasteiger partial charge in [-0.15, -0.1) is 11.3 Å². The van der Waals surface area contributed by atoms with Gasteiger partial charge in [0, 0.05) is 16.0 Å². The summed E-state index contributed by atoms with van der Waals surface area (Å²) in [5, 5.41) is 4.19. The van der Waals surface area contributed by atoms with E-state index in [1.54, 1.807) is 6.92 Å². The maximum atomic E-state index is 12.1. The second-order valence-electron chi connectivity index (χ2n) is 4.67. The number of amides is 1. The molecule has 0 saturated carbocycles. The average molecular weight is 291 g/mol. The fraction of sp³-hybridized carbons (Fsp3) is 0.333. The van der Waals surface area contributed by atoms with Gasteiger partial charge >= 0.3 is 5.97 Å². The van der Waals surface area contributed by atoms with Crippen LogP contribution in [0.3, 0.4) is 0 Å². The highest BCUT2D eigenvalue weighted by Gasteiger charge is 2.22. The molecule has 1 heterocycles. The lowest BCUT2D eigenvalue weighted by molar-refractivity contribution is -0.118. The van der Waals surface area contributed by atoms with Gasteiger partial charge in [-0.1, -0.05) is 32.0 Å². The lowest BCUT2D eigenvalue weighted by atomic mass is 10.1. The summed E-state index contributed by atoms with van der Waals surface area (Å²) < 4.78 is 6.05. The summed E-state index contributed by atoms with van der Waals surface area (Å²) in [5.74, 6) is -0.652. The lowest BCUT2D eigenvalue weighted by Crippen LogP contribution is -2.19. The molecule has 0 atom stereocenters. The highest BCUT2D eigenvalue weighted by Crippen LogP contribution is 2.36. The third-order valence-corrected chi connectivity index (χ3v) is 3.92. The van der Waals surface area contributed by atoms with Gasteiger partial charge in [0.15, 0.2) is 0 Å². The topological polar surface area (TPSA) is 55.4 Å². The molecule has 1 N–H and O–H groups in total. The molecule has 4 nitrogen and oxygen atoms in total. The Balaban J connectivity index is 2.49. The number of hydrogen-bond donors (Lipinski definition) is 1. The molecule has 0 bridgehead atoms. The molecule has 1 amide bonds. The molecule has 5 heteroatoms. The first-order valence-corrected chi connectivity index (χ1v) is 7.35. The van der Waals surface area contributed by atoms with E-state index >= 15 is 0 Å². The molecular formula is C15H17NO3S. The van der Waals surface area contributed by atoms with Crippen molar-refractivity contribution >= 4 is 38.3 Å². The summed E-state index contributed by atoms with van der Waals surface area (Å²) in [4.78, 5) is 24.0. The number of benzene rings is 1. The Bertz CT molecular complexity index is 646. The van der Waals surface area contributed by atoms with Crippen LogP contribution in [0.5, 0.6) is 0 Å². The molecule has 20 heavy (non-hydrogen) atoms. The molecule has 2 rings (SSSR count). The van der Waals surface area contributed by atoms with Crippen LogP contribution in [0, 0.1) is 5.92 Å². The monoisotopic (exact) mass is 291 g/mol. The Morgan fingerprint density at radius 1 is 1.30 bits per heavy atom. The SMILES string of the molecule is CCOC(=O)c1c(NC(=O)C(C)C)sc2ccccc12. The van der Waals surface area contributed by atoms with E-state index in [0.717, 1.165) is 10.1 Å². The van der Waals surface area contributed by atoms with Crippen molar-refractivity contribution in [2.45, 2.75) is 20.8 Å². The van der Waals surface area contributed by atoms with Crippen molar-refractivity contribution in [2.24, 2.45) is 5.92 Å². The Kier molecular flexibility index (Phi) is 4.39. The number of anilines is 1. The van der Waals surface area contributed by atoms with E-state index in [0.29, 0.717) is 17.2 Å². The maximum Gasteiger partial charge on any atom is 0.341 e. The zero-order valence-electron chi connectivity index (χ0n) is 11.7. The predicted octanol–water partition coefficient (Wildman–Crippen LogP) is 3.67. The highest BCUT2D eigenvalue weighted by molar-refractivity contribution is 7.23. The lowest BCUT2D eigenvalue weighted by Gasteiger charge is -2.08. The van der Waals surface area contributed by atoms with Gasteiger partial charge in [0.25, 0.3) is 0 Å². The molecule has 1 aromatic heterocycles. The first-order valence-electron chi connectivity index (χ1n) is 6.54. The molecule has 2 aromatic rings.